The quantitative estimate of drug-likeness (QED) is 0.319. The van der Waals surface area contributed by atoms with E-state index in [1.54, 1.807) is 6.07 Å². The van der Waals surface area contributed by atoms with E-state index in [9.17, 15) is 14.4 Å². The van der Waals surface area contributed by atoms with E-state index in [1.807, 2.05) is 5.32 Å². The second-order valence-corrected chi connectivity index (χ2v) is 7.26. The van der Waals surface area contributed by atoms with E-state index in [4.69, 9.17) is 49.8 Å². The first-order valence-electron chi connectivity index (χ1n) is 8.98. The summed E-state index contributed by atoms with van der Waals surface area (Å²) in [5, 5.41) is 28.1. The van der Waals surface area contributed by atoms with Crippen molar-refractivity contribution in [3.8, 4) is 11.8 Å². The molecule has 162 valence electrons. The lowest BCUT2D eigenvalue weighted by atomic mass is 9.91. The Kier molecular flexibility index (Phi) is 8.13. The van der Waals surface area contributed by atoms with Crippen LogP contribution >= 0.6 is 23.2 Å². The summed E-state index contributed by atoms with van der Waals surface area (Å²) >= 11 is 12.3. The largest absolute Gasteiger partial charge is 0.436 e. The molecule has 12 heteroatoms. The number of urea groups is 1. The molecule has 0 spiro atoms. The van der Waals surface area contributed by atoms with E-state index in [0.29, 0.717) is 24.0 Å². The van der Waals surface area contributed by atoms with Crippen LogP contribution in [0.5, 0.6) is 5.75 Å². The number of anilines is 1. The Bertz CT molecular complexity index is 1020. The van der Waals surface area contributed by atoms with Gasteiger partial charge < -0.3 is 15.8 Å². The number of ether oxygens (including phenoxy) is 1. The van der Waals surface area contributed by atoms with Gasteiger partial charge in [0.15, 0.2) is 5.75 Å². The van der Waals surface area contributed by atoms with Crippen molar-refractivity contribution in [2.45, 2.75) is 32.1 Å². The number of nitriles is 1. The van der Waals surface area contributed by atoms with Gasteiger partial charge in [-0.05, 0) is 37.8 Å². The molecule has 1 aromatic carbocycles. The topological polar surface area (TPSA) is 182 Å². The molecule has 0 fully saturated rings. The van der Waals surface area contributed by atoms with Crippen LogP contribution < -0.4 is 21.1 Å². The number of nitrogens with two attached hydrogens (primary N) is 1. The summed E-state index contributed by atoms with van der Waals surface area (Å²) in [5.41, 5.74) is 5.66. The molecule has 31 heavy (non-hydrogen) atoms. The van der Waals surface area contributed by atoms with Crippen LogP contribution in [0.4, 0.5) is 10.5 Å². The van der Waals surface area contributed by atoms with Gasteiger partial charge in [-0.25, -0.2) is 4.79 Å². The molecule has 1 aromatic rings. The van der Waals surface area contributed by atoms with E-state index in [-0.39, 0.29) is 27.4 Å². The van der Waals surface area contributed by atoms with Crippen LogP contribution in [0.3, 0.4) is 0 Å². The van der Waals surface area contributed by atoms with Crippen LogP contribution in [0.15, 0.2) is 23.3 Å². The molecule has 4 amide bonds. The summed E-state index contributed by atoms with van der Waals surface area (Å²) in [4.78, 5) is 35.1. The summed E-state index contributed by atoms with van der Waals surface area (Å²) in [6, 6.07) is 3.24. The lowest BCUT2D eigenvalue weighted by molar-refractivity contribution is -0.115. The number of carbonyl (C=O) groups is 3. The Morgan fingerprint density at radius 3 is 2.26 bits per heavy atom. The lowest BCUT2D eigenvalue weighted by Crippen LogP contribution is -2.38. The van der Waals surface area contributed by atoms with Crippen molar-refractivity contribution in [3.63, 3.8) is 0 Å². The number of primary amides is 1. The van der Waals surface area contributed by atoms with Gasteiger partial charge in [-0.2, -0.15) is 5.26 Å². The van der Waals surface area contributed by atoms with Crippen molar-refractivity contribution < 1.29 is 19.1 Å². The van der Waals surface area contributed by atoms with E-state index in [2.05, 4.69) is 5.32 Å². The molecule has 0 unspecified atom stereocenters. The fourth-order valence-electron chi connectivity index (χ4n) is 2.82. The smallest absolute Gasteiger partial charge is 0.326 e. The third kappa shape index (κ3) is 6.28. The first-order chi connectivity index (χ1) is 14.6. The molecule has 6 N–H and O–H groups in total. The highest BCUT2D eigenvalue weighted by molar-refractivity contribution is 6.41. The van der Waals surface area contributed by atoms with Crippen LogP contribution in [-0.4, -0.2) is 29.5 Å². The predicted molar refractivity (Wildman–Crippen MR) is 115 cm³/mol. The number of imide groups is 1. The maximum atomic E-state index is 11.9. The Balaban J connectivity index is 2.14. The number of hydrogen-bond acceptors (Lipinski definition) is 7. The van der Waals surface area contributed by atoms with E-state index >= 15 is 0 Å². The SMILES string of the molecule is N#CCC(=N)C(=O)NC(=O)Nc1cc(Cl)c(OC(=N)C2=C(C(N)=O)CCCC2)c(Cl)c1. The minimum atomic E-state index is -1.02. The van der Waals surface area contributed by atoms with Gasteiger partial charge in [-0.3, -0.25) is 25.7 Å². The molecule has 0 heterocycles. The highest BCUT2D eigenvalue weighted by atomic mass is 35.5. The average Bonchev–Trinajstić information content (AvgIpc) is 2.70. The van der Waals surface area contributed by atoms with Crippen LogP contribution in [0.25, 0.3) is 0 Å². The van der Waals surface area contributed by atoms with E-state index in [1.165, 1.54) is 12.1 Å². The number of benzene rings is 1. The van der Waals surface area contributed by atoms with Gasteiger partial charge in [0, 0.05) is 16.8 Å². The van der Waals surface area contributed by atoms with Gasteiger partial charge in [-0.1, -0.05) is 23.2 Å². The molecular weight excluding hydrogens is 447 g/mol. The van der Waals surface area contributed by atoms with Crippen LogP contribution in [0.2, 0.25) is 10.0 Å². The summed E-state index contributed by atoms with van der Waals surface area (Å²) in [7, 11) is 0. The molecule has 0 aliphatic heterocycles. The van der Waals surface area contributed by atoms with Crippen LogP contribution in [0.1, 0.15) is 32.1 Å². The summed E-state index contributed by atoms with van der Waals surface area (Å²) < 4.78 is 5.49. The van der Waals surface area contributed by atoms with Gasteiger partial charge in [0.25, 0.3) is 5.91 Å². The van der Waals surface area contributed by atoms with Gasteiger partial charge in [-0.15, -0.1) is 0 Å². The molecule has 1 aliphatic carbocycles. The first kappa shape index (κ1) is 23.9. The molecule has 1 aliphatic rings. The number of amides is 4. The average molecular weight is 465 g/mol. The standard InChI is InChI=1S/C19H18Cl2N6O4/c20-12-7-9(26-19(30)27-18(29)14(23)5-6-22)8-13(21)15(12)31-17(25)11-4-2-1-3-10(11)16(24)28/h7-8,23,25H,1-5H2,(H2,24,28)(H2,26,27,29,30). The minimum absolute atomic E-state index is 0.0341. The highest BCUT2D eigenvalue weighted by Crippen LogP contribution is 2.37. The zero-order valence-electron chi connectivity index (χ0n) is 16.1. The number of nitrogens with zero attached hydrogens (tertiary/aromatic N) is 1. The second kappa shape index (κ2) is 10.6. The fraction of sp³-hybridized carbons (Fsp3) is 0.263. The molecule has 0 bridgehead atoms. The molecule has 10 nitrogen and oxygen atoms in total. The Hall–Kier alpha value is -3.42. The number of carbonyl (C=O) groups excluding carboxylic acids is 3. The van der Waals surface area contributed by atoms with Crippen molar-refractivity contribution >= 4 is 58.3 Å². The van der Waals surface area contributed by atoms with Crippen molar-refractivity contribution in [2.24, 2.45) is 5.73 Å². The number of rotatable bonds is 6. The maximum Gasteiger partial charge on any atom is 0.326 e. The van der Waals surface area contributed by atoms with Crippen LogP contribution in [-0.2, 0) is 9.59 Å². The van der Waals surface area contributed by atoms with Crippen LogP contribution in [0, 0.1) is 22.1 Å². The highest BCUT2D eigenvalue weighted by Gasteiger charge is 2.23. The molecule has 0 aromatic heterocycles. The van der Waals surface area contributed by atoms with Crippen molar-refractivity contribution in [1.82, 2.24) is 5.32 Å². The predicted octanol–water partition coefficient (Wildman–Crippen LogP) is 3.29. The Morgan fingerprint density at radius 2 is 1.71 bits per heavy atom. The number of nitrogens with one attached hydrogen (secondary N) is 4. The van der Waals surface area contributed by atoms with Crippen molar-refractivity contribution in [2.75, 3.05) is 5.32 Å². The lowest BCUT2D eigenvalue weighted by Gasteiger charge is -2.20. The van der Waals surface area contributed by atoms with Gasteiger partial charge >= 0.3 is 6.03 Å². The molecule has 2 rings (SSSR count). The minimum Gasteiger partial charge on any atom is -0.436 e. The molecular formula is C19H18Cl2N6O4. The van der Waals surface area contributed by atoms with Gasteiger partial charge in [0.2, 0.25) is 11.8 Å². The van der Waals surface area contributed by atoms with Crippen molar-refractivity contribution in [1.29, 1.82) is 16.1 Å². The Labute approximate surface area is 187 Å². The van der Waals surface area contributed by atoms with E-state index < -0.39 is 30.0 Å². The zero-order chi connectivity index (χ0) is 23.1. The monoisotopic (exact) mass is 464 g/mol. The summed E-state index contributed by atoms with van der Waals surface area (Å²) in [6.45, 7) is 0. The van der Waals surface area contributed by atoms with E-state index in [0.717, 1.165) is 12.8 Å². The summed E-state index contributed by atoms with van der Waals surface area (Å²) in [5.74, 6) is -1.97. The normalized spacial score (nSPS) is 13.1. The first-order valence-corrected chi connectivity index (χ1v) is 9.74. The second-order valence-electron chi connectivity index (χ2n) is 6.45. The Morgan fingerprint density at radius 1 is 1.13 bits per heavy atom. The zero-order valence-corrected chi connectivity index (χ0v) is 17.6. The number of hydrogen-bond donors (Lipinski definition) is 5. The van der Waals surface area contributed by atoms with Crippen molar-refractivity contribution in [3.05, 3.63) is 33.3 Å². The number of halogens is 2. The molecule has 0 saturated carbocycles. The molecule has 0 radical (unpaired) electrons. The maximum absolute atomic E-state index is 11.9. The molecule has 0 saturated heterocycles. The van der Waals surface area contributed by atoms with Gasteiger partial charge in [0.05, 0.1) is 22.5 Å². The molecule has 0 atom stereocenters. The van der Waals surface area contributed by atoms with Gasteiger partial charge in [0.1, 0.15) is 5.71 Å². The fourth-order valence-corrected chi connectivity index (χ4v) is 3.39. The third-order valence-corrected chi connectivity index (χ3v) is 4.82. The summed E-state index contributed by atoms with van der Waals surface area (Å²) in [6.07, 6.45) is 2.05. The third-order valence-electron chi connectivity index (χ3n) is 4.26.